The lowest BCUT2D eigenvalue weighted by atomic mass is 10.2. The van der Waals surface area contributed by atoms with E-state index in [0.29, 0.717) is 25.1 Å². The van der Waals surface area contributed by atoms with E-state index in [1.807, 2.05) is 6.07 Å². The van der Waals surface area contributed by atoms with Crippen LogP contribution in [0.5, 0.6) is 0 Å². The number of rotatable bonds is 3. The highest BCUT2D eigenvalue weighted by atomic mass is 16.5. The first kappa shape index (κ1) is 12.8. The molecule has 1 aliphatic heterocycles. The lowest BCUT2D eigenvalue weighted by Gasteiger charge is -2.35. The molecule has 3 heterocycles. The average Bonchev–Trinajstić information content (AvgIpc) is 3.01. The summed E-state index contributed by atoms with van der Waals surface area (Å²) in [5.74, 6) is 1.21. The summed E-state index contributed by atoms with van der Waals surface area (Å²) in [5, 5.41) is 4.12. The van der Waals surface area contributed by atoms with Crippen LogP contribution in [0.15, 0.2) is 18.5 Å². The first-order chi connectivity index (χ1) is 9.78. The molecule has 0 amide bonds. The average molecular weight is 275 g/mol. The van der Waals surface area contributed by atoms with E-state index in [1.54, 1.807) is 17.1 Å². The normalized spacial score (nSPS) is 19.2. The molecule has 0 radical (unpaired) electrons. The molecule has 1 atom stereocenters. The number of morpholine rings is 1. The summed E-state index contributed by atoms with van der Waals surface area (Å²) >= 11 is 0. The first-order valence-electron chi connectivity index (χ1n) is 6.64. The third kappa shape index (κ3) is 2.42. The van der Waals surface area contributed by atoms with E-state index in [0.717, 1.165) is 13.0 Å². The molecule has 0 aromatic carbocycles. The molecule has 8 nitrogen and oxygen atoms in total. The molecule has 2 aromatic rings. The second-order valence-electron chi connectivity index (χ2n) is 4.57. The SMILES string of the molecule is CCC1COCCN1c1nc(N)nc(-n2cccn2)n1. The number of nitrogens with two attached hydrogens (primary N) is 1. The smallest absolute Gasteiger partial charge is 0.257 e. The Bertz CT molecular complexity index is 571. The van der Waals surface area contributed by atoms with Crippen LogP contribution in [-0.2, 0) is 4.74 Å². The molecule has 2 aromatic heterocycles. The van der Waals surface area contributed by atoms with Crippen molar-refractivity contribution in [3.8, 4) is 5.95 Å². The molecule has 20 heavy (non-hydrogen) atoms. The van der Waals surface area contributed by atoms with E-state index in [9.17, 15) is 0 Å². The molecule has 1 fully saturated rings. The van der Waals surface area contributed by atoms with Crippen LogP contribution in [0.2, 0.25) is 0 Å². The van der Waals surface area contributed by atoms with Crippen LogP contribution in [0.1, 0.15) is 13.3 Å². The lowest BCUT2D eigenvalue weighted by molar-refractivity contribution is 0.0921. The van der Waals surface area contributed by atoms with Gasteiger partial charge in [0, 0.05) is 18.9 Å². The van der Waals surface area contributed by atoms with E-state index >= 15 is 0 Å². The van der Waals surface area contributed by atoms with Gasteiger partial charge in [0.15, 0.2) is 0 Å². The number of nitrogens with zero attached hydrogens (tertiary/aromatic N) is 6. The van der Waals surface area contributed by atoms with Crippen LogP contribution in [0.3, 0.4) is 0 Å². The molecule has 0 spiro atoms. The van der Waals surface area contributed by atoms with Gasteiger partial charge in [-0.3, -0.25) is 0 Å². The van der Waals surface area contributed by atoms with Gasteiger partial charge in [-0.2, -0.15) is 20.1 Å². The predicted octanol–water partition coefficient (Wildman–Crippen LogP) is 0.255. The maximum Gasteiger partial charge on any atom is 0.257 e. The number of nitrogen functional groups attached to an aromatic ring is 1. The molecule has 0 saturated carbocycles. The van der Waals surface area contributed by atoms with E-state index in [-0.39, 0.29) is 12.0 Å². The fourth-order valence-electron chi connectivity index (χ4n) is 2.24. The number of anilines is 2. The maximum absolute atomic E-state index is 5.80. The van der Waals surface area contributed by atoms with Crippen molar-refractivity contribution >= 4 is 11.9 Å². The van der Waals surface area contributed by atoms with Gasteiger partial charge in [0.05, 0.1) is 19.3 Å². The zero-order valence-electron chi connectivity index (χ0n) is 11.3. The molecule has 1 unspecified atom stereocenters. The van der Waals surface area contributed by atoms with Crippen molar-refractivity contribution in [1.29, 1.82) is 0 Å². The zero-order valence-corrected chi connectivity index (χ0v) is 11.3. The highest BCUT2D eigenvalue weighted by Gasteiger charge is 2.24. The summed E-state index contributed by atoms with van der Waals surface area (Å²) in [6.07, 6.45) is 4.40. The third-order valence-electron chi connectivity index (χ3n) is 3.29. The van der Waals surface area contributed by atoms with Gasteiger partial charge in [0.2, 0.25) is 11.9 Å². The summed E-state index contributed by atoms with van der Waals surface area (Å²) in [5.41, 5.74) is 5.80. The Morgan fingerprint density at radius 1 is 1.35 bits per heavy atom. The van der Waals surface area contributed by atoms with Gasteiger partial charge in [-0.25, -0.2) is 4.68 Å². The van der Waals surface area contributed by atoms with Crippen molar-refractivity contribution in [2.45, 2.75) is 19.4 Å². The zero-order chi connectivity index (χ0) is 13.9. The quantitative estimate of drug-likeness (QED) is 0.858. The van der Waals surface area contributed by atoms with Crippen LogP contribution in [-0.4, -0.2) is 50.5 Å². The van der Waals surface area contributed by atoms with Crippen molar-refractivity contribution < 1.29 is 4.74 Å². The minimum Gasteiger partial charge on any atom is -0.377 e. The molecule has 106 valence electrons. The molecule has 2 N–H and O–H groups in total. The number of aromatic nitrogens is 5. The Balaban J connectivity index is 1.96. The second-order valence-corrected chi connectivity index (χ2v) is 4.57. The summed E-state index contributed by atoms with van der Waals surface area (Å²) < 4.78 is 7.07. The van der Waals surface area contributed by atoms with Crippen molar-refractivity contribution in [3.05, 3.63) is 18.5 Å². The van der Waals surface area contributed by atoms with Crippen LogP contribution in [0.25, 0.3) is 5.95 Å². The van der Waals surface area contributed by atoms with Crippen molar-refractivity contribution in [2.75, 3.05) is 30.4 Å². The van der Waals surface area contributed by atoms with Gasteiger partial charge in [-0.15, -0.1) is 0 Å². The lowest BCUT2D eigenvalue weighted by Crippen LogP contribution is -2.46. The van der Waals surface area contributed by atoms with Crippen molar-refractivity contribution in [1.82, 2.24) is 24.7 Å². The van der Waals surface area contributed by atoms with E-state index in [4.69, 9.17) is 10.5 Å². The molecule has 0 bridgehead atoms. The fourth-order valence-corrected chi connectivity index (χ4v) is 2.24. The van der Waals surface area contributed by atoms with Crippen molar-refractivity contribution in [3.63, 3.8) is 0 Å². The summed E-state index contributed by atoms with van der Waals surface area (Å²) in [7, 11) is 0. The summed E-state index contributed by atoms with van der Waals surface area (Å²) in [4.78, 5) is 15.0. The van der Waals surface area contributed by atoms with Crippen LogP contribution in [0, 0.1) is 0 Å². The Hall–Kier alpha value is -2.22. The minimum atomic E-state index is 0.196. The van der Waals surface area contributed by atoms with Gasteiger partial charge in [0.1, 0.15) is 0 Å². The highest BCUT2D eigenvalue weighted by molar-refractivity contribution is 5.39. The topological polar surface area (TPSA) is 95.0 Å². The Kier molecular flexibility index (Phi) is 3.46. The maximum atomic E-state index is 5.80. The van der Waals surface area contributed by atoms with Gasteiger partial charge < -0.3 is 15.4 Å². The van der Waals surface area contributed by atoms with Gasteiger partial charge >= 0.3 is 0 Å². The van der Waals surface area contributed by atoms with E-state index in [2.05, 4.69) is 31.9 Å². The Morgan fingerprint density at radius 3 is 2.95 bits per heavy atom. The number of ether oxygens (including phenoxy) is 1. The fraction of sp³-hybridized carbons (Fsp3) is 0.500. The highest BCUT2D eigenvalue weighted by Crippen LogP contribution is 2.18. The minimum absolute atomic E-state index is 0.196. The molecule has 1 saturated heterocycles. The molecule has 0 aliphatic carbocycles. The molecule has 1 aliphatic rings. The van der Waals surface area contributed by atoms with Gasteiger partial charge in [-0.1, -0.05) is 6.92 Å². The molecular weight excluding hydrogens is 258 g/mol. The second kappa shape index (κ2) is 5.41. The van der Waals surface area contributed by atoms with E-state index in [1.165, 1.54) is 0 Å². The number of hydrogen-bond acceptors (Lipinski definition) is 7. The standard InChI is InChI=1S/C12H17N7O/c1-2-9-8-20-7-6-18(9)11-15-10(13)16-12(17-11)19-5-3-4-14-19/h3-5,9H,2,6-8H2,1H3,(H2,13,15,16,17). The van der Waals surface area contributed by atoms with Crippen LogP contribution in [0.4, 0.5) is 11.9 Å². The Morgan fingerprint density at radius 2 is 2.20 bits per heavy atom. The molecule has 3 rings (SSSR count). The van der Waals surface area contributed by atoms with Crippen LogP contribution < -0.4 is 10.6 Å². The summed E-state index contributed by atoms with van der Waals surface area (Å²) in [6, 6.07) is 2.07. The van der Waals surface area contributed by atoms with Crippen molar-refractivity contribution in [2.24, 2.45) is 0 Å². The molecule has 8 heteroatoms. The Labute approximate surface area is 116 Å². The summed E-state index contributed by atoms with van der Waals surface area (Å²) in [6.45, 7) is 4.21. The number of hydrogen-bond donors (Lipinski definition) is 1. The van der Waals surface area contributed by atoms with Crippen LogP contribution >= 0.6 is 0 Å². The largest absolute Gasteiger partial charge is 0.377 e. The van der Waals surface area contributed by atoms with Gasteiger partial charge in [0.25, 0.3) is 5.95 Å². The van der Waals surface area contributed by atoms with Gasteiger partial charge in [-0.05, 0) is 12.5 Å². The monoisotopic (exact) mass is 275 g/mol. The van der Waals surface area contributed by atoms with E-state index < -0.39 is 0 Å². The predicted molar refractivity (Wildman–Crippen MR) is 73.6 cm³/mol. The third-order valence-corrected chi connectivity index (χ3v) is 3.29. The molecular formula is C12H17N7O. The first-order valence-corrected chi connectivity index (χ1v) is 6.64.